The Morgan fingerprint density at radius 3 is 2.64 bits per heavy atom. The topological polar surface area (TPSA) is 53.0 Å². The Hall–Kier alpha value is -2.17. The number of amides is 2. The van der Waals surface area contributed by atoms with E-state index >= 15 is 0 Å². The summed E-state index contributed by atoms with van der Waals surface area (Å²) in [5.41, 5.74) is 2.73. The van der Waals surface area contributed by atoms with E-state index in [2.05, 4.69) is 4.99 Å². The summed E-state index contributed by atoms with van der Waals surface area (Å²) < 4.78 is 0. The quantitative estimate of drug-likeness (QED) is 0.791. The SMILES string of the molecule is CN=C(C)C1CCCN1C(=O)[C@H](C(C)C)N1Cc2ccccc2C1=O. The van der Waals surface area contributed by atoms with Gasteiger partial charge >= 0.3 is 0 Å². The number of aliphatic imine (C=N–C) groups is 1. The molecule has 1 fully saturated rings. The first-order valence-corrected chi connectivity index (χ1v) is 9.08. The molecule has 1 unspecified atom stereocenters. The summed E-state index contributed by atoms with van der Waals surface area (Å²) >= 11 is 0. The van der Waals surface area contributed by atoms with Crippen molar-refractivity contribution >= 4 is 17.5 Å². The summed E-state index contributed by atoms with van der Waals surface area (Å²) in [7, 11) is 1.77. The van der Waals surface area contributed by atoms with Crippen molar-refractivity contribution in [2.45, 2.75) is 52.2 Å². The lowest BCUT2D eigenvalue weighted by Gasteiger charge is -2.35. The molecule has 134 valence electrons. The predicted molar refractivity (Wildman–Crippen MR) is 98.7 cm³/mol. The molecule has 0 radical (unpaired) electrons. The molecular weight excluding hydrogens is 314 g/mol. The summed E-state index contributed by atoms with van der Waals surface area (Å²) in [5.74, 6) is 0.0896. The first-order chi connectivity index (χ1) is 12.0. The standard InChI is InChI=1S/C20H27N3O2/c1-13(2)18(20(25)22-11-7-10-17(22)14(3)21-4)23-12-15-8-5-6-9-16(15)19(23)24/h5-6,8-9,13,17-18H,7,10-12H2,1-4H3/t17?,18-/m0/s1. The molecule has 1 aromatic carbocycles. The van der Waals surface area contributed by atoms with Gasteiger partial charge < -0.3 is 9.80 Å². The molecule has 2 aliphatic heterocycles. The number of hydrogen-bond acceptors (Lipinski definition) is 3. The number of carbonyl (C=O) groups excluding carboxylic acids is 2. The minimum Gasteiger partial charge on any atom is -0.333 e. The van der Waals surface area contributed by atoms with Crippen LogP contribution < -0.4 is 0 Å². The summed E-state index contributed by atoms with van der Waals surface area (Å²) in [6.45, 7) is 7.28. The number of rotatable bonds is 4. The van der Waals surface area contributed by atoms with E-state index in [0.29, 0.717) is 6.54 Å². The van der Waals surface area contributed by atoms with Gasteiger partial charge in [-0.2, -0.15) is 0 Å². The van der Waals surface area contributed by atoms with Crippen LogP contribution in [0, 0.1) is 5.92 Å². The largest absolute Gasteiger partial charge is 0.333 e. The van der Waals surface area contributed by atoms with Crippen molar-refractivity contribution in [1.29, 1.82) is 0 Å². The van der Waals surface area contributed by atoms with Gasteiger partial charge in [-0.25, -0.2) is 0 Å². The van der Waals surface area contributed by atoms with Crippen molar-refractivity contribution in [3.8, 4) is 0 Å². The smallest absolute Gasteiger partial charge is 0.255 e. The molecule has 2 aliphatic rings. The van der Waals surface area contributed by atoms with Crippen LogP contribution in [0.3, 0.4) is 0 Å². The monoisotopic (exact) mass is 341 g/mol. The van der Waals surface area contributed by atoms with Gasteiger partial charge in [0.25, 0.3) is 5.91 Å². The van der Waals surface area contributed by atoms with Gasteiger partial charge in [0.05, 0.1) is 6.04 Å². The summed E-state index contributed by atoms with van der Waals surface area (Å²) in [5, 5.41) is 0. The molecule has 0 aliphatic carbocycles. The number of benzene rings is 1. The zero-order valence-corrected chi connectivity index (χ0v) is 15.5. The van der Waals surface area contributed by atoms with Crippen LogP contribution in [0.15, 0.2) is 29.3 Å². The molecule has 5 heteroatoms. The normalized spacial score (nSPS) is 21.9. The van der Waals surface area contributed by atoms with Crippen LogP contribution in [0.25, 0.3) is 0 Å². The molecule has 3 rings (SSSR count). The van der Waals surface area contributed by atoms with Crippen LogP contribution >= 0.6 is 0 Å². The highest BCUT2D eigenvalue weighted by molar-refractivity contribution is 6.02. The van der Waals surface area contributed by atoms with Crippen LogP contribution in [0.5, 0.6) is 0 Å². The Balaban J connectivity index is 1.87. The second-order valence-electron chi connectivity index (χ2n) is 7.33. The molecule has 0 saturated carbocycles. The van der Waals surface area contributed by atoms with Gasteiger partial charge in [0.1, 0.15) is 6.04 Å². The van der Waals surface area contributed by atoms with E-state index in [1.54, 1.807) is 11.9 Å². The van der Waals surface area contributed by atoms with Gasteiger partial charge in [0.15, 0.2) is 0 Å². The van der Waals surface area contributed by atoms with Gasteiger partial charge in [-0.15, -0.1) is 0 Å². The number of carbonyl (C=O) groups is 2. The Morgan fingerprint density at radius 2 is 2.00 bits per heavy atom. The minimum atomic E-state index is -0.426. The minimum absolute atomic E-state index is 0.0284. The third-order valence-corrected chi connectivity index (χ3v) is 5.44. The van der Waals surface area contributed by atoms with E-state index in [0.717, 1.165) is 36.2 Å². The van der Waals surface area contributed by atoms with Gasteiger partial charge in [-0.1, -0.05) is 32.0 Å². The van der Waals surface area contributed by atoms with Crippen molar-refractivity contribution in [3.63, 3.8) is 0 Å². The highest BCUT2D eigenvalue weighted by Crippen LogP contribution is 2.30. The van der Waals surface area contributed by atoms with Crippen molar-refractivity contribution in [1.82, 2.24) is 9.80 Å². The lowest BCUT2D eigenvalue weighted by atomic mass is 10.00. The fraction of sp³-hybridized carbons (Fsp3) is 0.550. The molecule has 0 bridgehead atoms. The lowest BCUT2D eigenvalue weighted by Crippen LogP contribution is -2.53. The average molecular weight is 341 g/mol. The molecule has 1 saturated heterocycles. The van der Waals surface area contributed by atoms with Crippen LogP contribution in [-0.4, -0.2) is 53.0 Å². The molecule has 25 heavy (non-hydrogen) atoms. The first-order valence-electron chi connectivity index (χ1n) is 9.08. The van der Waals surface area contributed by atoms with Gasteiger partial charge in [-0.05, 0) is 37.3 Å². The Labute approximate surface area is 149 Å². The Morgan fingerprint density at radius 1 is 1.28 bits per heavy atom. The zero-order valence-electron chi connectivity index (χ0n) is 15.5. The molecule has 0 N–H and O–H groups in total. The molecule has 1 aromatic rings. The second kappa shape index (κ2) is 6.98. The van der Waals surface area contributed by atoms with Crippen molar-refractivity contribution < 1.29 is 9.59 Å². The summed E-state index contributed by atoms with van der Waals surface area (Å²) in [4.78, 5) is 34.2. The molecule has 5 nitrogen and oxygen atoms in total. The molecular formula is C20H27N3O2. The van der Waals surface area contributed by atoms with Gasteiger partial charge in [0.2, 0.25) is 5.91 Å². The summed E-state index contributed by atoms with van der Waals surface area (Å²) in [6, 6.07) is 7.29. The van der Waals surface area contributed by atoms with E-state index < -0.39 is 6.04 Å². The highest BCUT2D eigenvalue weighted by atomic mass is 16.2. The van der Waals surface area contributed by atoms with E-state index in [1.807, 2.05) is 49.9 Å². The third-order valence-electron chi connectivity index (χ3n) is 5.44. The number of likely N-dealkylation sites (tertiary alicyclic amines) is 1. The second-order valence-corrected chi connectivity index (χ2v) is 7.33. The van der Waals surface area contributed by atoms with Crippen LogP contribution in [0.1, 0.15) is 49.5 Å². The Kier molecular flexibility index (Phi) is 4.93. The maximum absolute atomic E-state index is 13.4. The summed E-state index contributed by atoms with van der Waals surface area (Å²) in [6.07, 6.45) is 1.94. The molecule has 2 amide bonds. The van der Waals surface area contributed by atoms with Crippen LogP contribution in [0.2, 0.25) is 0 Å². The fourth-order valence-electron chi connectivity index (χ4n) is 4.06. The fourth-order valence-corrected chi connectivity index (χ4v) is 4.06. The Bertz CT molecular complexity index is 711. The first kappa shape index (κ1) is 17.6. The van der Waals surface area contributed by atoms with Crippen LogP contribution in [-0.2, 0) is 11.3 Å². The van der Waals surface area contributed by atoms with Crippen molar-refractivity contribution in [2.24, 2.45) is 10.9 Å². The van der Waals surface area contributed by atoms with E-state index in [4.69, 9.17) is 0 Å². The highest BCUT2D eigenvalue weighted by Gasteiger charge is 2.42. The van der Waals surface area contributed by atoms with Crippen molar-refractivity contribution in [3.05, 3.63) is 35.4 Å². The average Bonchev–Trinajstić information content (AvgIpc) is 3.20. The molecule has 0 aromatic heterocycles. The van der Waals surface area contributed by atoms with E-state index in [1.165, 1.54) is 0 Å². The van der Waals surface area contributed by atoms with E-state index in [9.17, 15) is 9.59 Å². The number of fused-ring (bicyclic) bond motifs is 1. The molecule has 2 heterocycles. The lowest BCUT2D eigenvalue weighted by molar-refractivity contribution is -0.137. The predicted octanol–water partition coefficient (Wildman–Crippen LogP) is 2.75. The maximum Gasteiger partial charge on any atom is 0.255 e. The number of nitrogens with zero attached hydrogens (tertiary/aromatic N) is 3. The number of hydrogen-bond donors (Lipinski definition) is 0. The van der Waals surface area contributed by atoms with Crippen LogP contribution in [0.4, 0.5) is 0 Å². The van der Waals surface area contributed by atoms with Gasteiger partial charge in [-0.3, -0.25) is 14.6 Å². The van der Waals surface area contributed by atoms with Gasteiger partial charge in [0, 0.05) is 31.4 Å². The zero-order chi connectivity index (χ0) is 18.1. The molecule has 2 atom stereocenters. The maximum atomic E-state index is 13.4. The molecule has 0 spiro atoms. The van der Waals surface area contributed by atoms with Crippen molar-refractivity contribution in [2.75, 3.05) is 13.6 Å². The van der Waals surface area contributed by atoms with E-state index in [-0.39, 0.29) is 23.8 Å². The third kappa shape index (κ3) is 3.08.